The lowest BCUT2D eigenvalue weighted by Gasteiger charge is -1.69. The standard InChI is InChI=1S/C3H7O.CH2O3/c1-2-3-4;2-1(3)4/h4H,1-3H2;(H2,2,3,4). The summed E-state index contributed by atoms with van der Waals surface area (Å²) >= 11 is 0. The van der Waals surface area contributed by atoms with E-state index in [-0.39, 0.29) is 6.61 Å². The Kier molecular flexibility index (Phi) is 12.2. The zero-order valence-corrected chi connectivity index (χ0v) is 4.37. The number of carboxylic acid groups (broad SMARTS) is 2. The van der Waals surface area contributed by atoms with Crippen LogP contribution in [0.1, 0.15) is 6.42 Å². The summed E-state index contributed by atoms with van der Waals surface area (Å²) in [5, 5.41) is 21.8. The van der Waals surface area contributed by atoms with E-state index in [4.69, 9.17) is 20.1 Å². The lowest BCUT2D eigenvalue weighted by Crippen LogP contribution is -1.81. The van der Waals surface area contributed by atoms with E-state index in [9.17, 15) is 0 Å². The van der Waals surface area contributed by atoms with Gasteiger partial charge < -0.3 is 15.3 Å². The Labute approximate surface area is 47.4 Å². The smallest absolute Gasteiger partial charge is 0.450 e. The van der Waals surface area contributed by atoms with Crippen molar-refractivity contribution in [3.8, 4) is 0 Å². The number of rotatable bonds is 1. The maximum absolute atomic E-state index is 8.56. The normalized spacial score (nSPS) is 6.75. The minimum atomic E-state index is -1.83. The Bertz CT molecular complexity index is 46.0. The third kappa shape index (κ3) is 1770. The minimum Gasteiger partial charge on any atom is -0.450 e. The van der Waals surface area contributed by atoms with Crippen LogP contribution >= 0.6 is 0 Å². The molecule has 1 radical (unpaired) electrons. The van der Waals surface area contributed by atoms with Gasteiger partial charge in [0.25, 0.3) is 0 Å². The van der Waals surface area contributed by atoms with E-state index < -0.39 is 6.16 Å². The number of hydrogen-bond acceptors (Lipinski definition) is 2. The Morgan fingerprint density at radius 1 is 1.50 bits per heavy atom. The number of aliphatic hydroxyl groups is 1. The fraction of sp³-hybridized carbons (Fsp3) is 0.500. The SMILES string of the molecule is O=C(O)O.[CH2]CCO. The first kappa shape index (κ1) is 10.3. The van der Waals surface area contributed by atoms with Gasteiger partial charge in [0.15, 0.2) is 0 Å². The summed E-state index contributed by atoms with van der Waals surface area (Å²) < 4.78 is 0. The molecular formula is C4H9O4. The lowest BCUT2D eigenvalue weighted by molar-refractivity contribution is 0.137. The molecule has 0 heterocycles. The molecular weight excluding hydrogens is 112 g/mol. The van der Waals surface area contributed by atoms with E-state index in [0.29, 0.717) is 6.42 Å². The van der Waals surface area contributed by atoms with E-state index in [1.54, 1.807) is 0 Å². The molecule has 0 aromatic carbocycles. The molecule has 0 unspecified atom stereocenters. The van der Waals surface area contributed by atoms with Gasteiger partial charge >= 0.3 is 6.16 Å². The molecule has 0 aromatic rings. The van der Waals surface area contributed by atoms with E-state index in [1.807, 2.05) is 0 Å². The van der Waals surface area contributed by atoms with Gasteiger partial charge in [-0.05, 0) is 6.42 Å². The molecule has 0 aliphatic rings. The Morgan fingerprint density at radius 2 is 1.62 bits per heavy atom. The van der Waals surface area contributed by atoms with E-state index in [2.05, 4.69) is 6.92 Å². The second-order valence-corrected chi connectivity index (χ2v) is 0.860. The molecule has 0 bridgehead atoms. The molecule has 0 atom stereocenters. The monoisotopic (exact) mass is 121 g/mol. The van der Waals surface area contributed by atoms with Crippen molar-refractivity contribution < 1.29 is 20.1 Å². The highest BCUT2D eigenvalue weighted by Gasteiger charge is 1.70. The summed E-state index contributed by atoms with van der Waals surface area (Å²) in [4.78, 5) is 8.56. The Morgan fingerprint density at radius 3 is 1.62 bits per heavy atom. The average molecular weight is 121 g/mol. The van der Waals surface area contributed by atoms with Crippen LogP contribution in [0.2, 0.25) is 0 Å². The number of carbonyl (C=O) groups is 1. The van der Waals surface area contributed by atoms with Gasteiger partial charge in [-0.25, -0.2) is 4.79 Å². The highest BCUT2D eigenvalue weighted by Crippen LogP contribution is 1.60. The zero-order chi connectivity index (χ0) is 6.99. The molecule has 3 N–H and O–H groups in total. The van der Waals surface area contributed by atoms with E-state index in [1.165, 1.54) is 0 Å². The van der Waals surface area contributed by atoms with Crippen molar-refractivity contribution >= 4 is 6.16 Å². The molecule has 0 fully saturated rings. The Balaban J connectivity index is 0. The molecule has 0 amide bonds. The largest absolute Gasteiger partial charge is 0.503 e. The van der Waals surface area contributed by atoms with Crippen molar-refractivity contribution in [3.63, 3.8) is 0 Å². The summed E-state index contributed by atoms with van der Waals surface area (Å²) in [6, 6.07) is 0. The van der Waals surface area contributed by atoms with Gasteiger partial charge in [-0.15, -0.1) is 0 Å². The number of hydrogen-bond donors (Lipinski definition) is 3. The van der Waals surface area contributed by atoms with Crippen molar-refractivity contribution in [2.45, 2.75) is 6.42 Å². The van der Waals surface area contributed by atoms with Gasteiger partial charge in [-0.1, -0.05) is 6.92 Å². The Hall–Kier alpha value is -0.770. The summed E-state index contributed by atoms with van der Waals surface area (Å²) in [7, 11) is 0. The van der Waals surface area contributed by atoms with Crippen molar-refractivity contribution in [1.29, 1.82) is 0 Å². The van der Waals surface area contributed by atoms with Crippen molar-refractivity contribution in [1.82, 2.24) is 0 Å². The molecule has 4 nitrogen and oxygen atoms in total. The lowest BCUT2D eigenvalue weighted by atomic mass is 10.5. The van der Waals surface area contributed by atoms with Gasteiger partial charge in [0.05, 0.1) is 0 Å². The van der Waals surface area contributed by atoms with Crippen LogP contribution in [0.15, 0.2) is 0 Å². The van der Waals surface area contributed by atoms with Crippen LogP contribution in [-0.4, -0.2) is 28.1 Å². The second-order valence-electron chi connectivity index (χ2n) is 0.860. The van der Waals surface area contributed by atoms with Gasteiger partial charge in [0.1, 0.15) is 0 Å². The maximum Gasteiger partial charge on any atom is 0.503 e. The molecule has 8 heavy (non-hydrogen) atoms. The van der Waals surface area contributed by atoms with Crippen molar-refractivity contribution in [2.24, 2.45) is 0 Å². The average Bonchev–Trinajstić information content (AvgIpc) is 1.65. The second kappa shape index (κ2) is 9.52. The maximum atomic E-state index is 8.56. The highest BCUT2D eigenvalue weighted by atomic mass is 16.6. The molecule has 0 saturated carbocycles. The first-order valence-electron chi connectivity index (χ1n) is 1.97. The predicted octanol–water partition coefficient (Wildman–Crippen LogP) is 0.425. The van der Waals surface area contributed by atoms with Gasteiger partial charge in [-0.2, -0.15) is 0 Å². The third-order valence-electron chi connectivity index (χ3n) is 0.158. The van der Waals surface area contributed by atoms with Crippen LogP contribution in [-0.2, 0) is 0 Å². The fourth-order valence-corrected chi connectivity index (χ4v) is 0. The van der Waals surface area contributed by atoms with Crippen molar-refractivity contribution in [2.75, 3.05) is 6.61 Å². The van der Waals surface area contributed by atoms with Gasteiger partial charge in [-0.3, -0.25) is 0 Å². The molecule has 0 aliphatic heterocycles. The molecule has 0 spiro atoms. The molecule has 0 rings (SSSR count). The number of aliphatic hydroxyl groups excluding tert-OH is 1. The summed E-state index contributed by atoms with van der Waals surface area (Å²) in [6.07, 6.45) is -1.21. The topological polar surface area (TPSA) is 77.8 Å². The molecule has 49 valence electrons. The van der Waals surface area contributed by atoms with Crippen LogP contribution in [0.5, 0.6) is 0 Å². The first-order chi connectivity index (χ1) is 3.65. The highest BCUT2D eigenvalue weighted by molar-refractivity contribution is 5.53. The third-order valence-corrected chi connectivity index (χ3v) is 0.158. The van der Waals surface area contributed by atoms with E-state index >= 15 is 0 Å². The van der Waals surface area contributed by atoms with Gasteiger partial charge in [0.2, 0.25) is 0 Å². The molecule has 0 aromatic heterocycles. The molecule has 0 saturated heterocycles. The molecule has 4 heteroatoms. The van der Waals surface area contributed by atoms with Crippen LogP contribution in [0.4, 0.5) is 4.79 Å². The van der Waals surface area contributed by atoms with Crippen LogP contribution in [0, 0.1) is 6.92 Å². The van der Waals surface area contributed by atoms with Crippen molar-refractivity contribution in [3.05, 3.63) is 6.92 Å². The predicted molar refractivity (Wildman–Crippen MR) is 27.7 cm³/mol. The summed E-state index contributed by atoms with van der Waals surface area (Å²) in [5.74, 6) is 0. The zero-order valence-electron chi connectivity index (χ0n) is 4.37. The molecule has 0 aliphatic carbocycles. The van der Waals surface area contributed by atoms with Crippen LogP contribution in [0.25, 0.3) is 0 Å². The van der Waals surface area contributed by atoms with E-state index in [0.717, 1.165) is 0 Å². The van der Waals surface area contributed by atoms with Crippen LogP contribution < -0.4 is 0 Å². The quantitative estimate of drug-likeness (QED) is 0.470. The first-order valence-corrected chi connectivity index (χ1v) is 1.97. The summed E-state index contributed by atoms with van der Waals surface area (Å²) in [6.45, 7) is 3.56. The minimum absolute atomic E-state index is 0.208. The van der Waals surface area contributed by atoms with Gasteiger partial charge in [0, 0.05) is 6.61 Å². The summed E-state index contributed by atoms with van der Waals surface area (Å²) in [5.41, 5.74) is 0. The van der Waals surface area contributed by atoms with Crippen LogP contribution in [0.3, 0.4) is 0 Å². The fourth-order valence-electron chi connectivity index (χ4n) is 0.